The molecule has 0 radical (unpaired) electrons. The third-order valence-electron chi connectivity index (χ3n) is 1.75. The number of nitrogens with one attached hydrogen (secondary N) is 1. The monoisotopic (exact) mass is 304 g/mol. The third-order valence-corrected chi connectivity index (χ3v) is 2.60. The number of hydrogen-bond acceptors (Lipinski definition) is 3. The summed E-state index contributed by atoms with van der Waals surface area (Å²) in [6.45, 7) is 5.16. The van der Waals surface area contributed by atoms with Crippen LogP contribution in [0, 0.1) is 5.82 Å². The SMILES string of the molecule is CC(C)(C)OC(=O)Nc1c(F)ccc(N)c1Br. The van der Waals surface area contributed by atoms with Crippen molar-refractivity contribution < 1.29 is 13.9 Å². The van der Waals surface area contributed by atoms with Gasteiger partial charge >= 0.3 is 6.09 Å². The van der Waals surface area contributed by atoms with Gasteiger partial charge in [-0.2, -0.15) is 0 Å². The lowest BCUT2D eigenvalue weighted by atomic mass is 10.2. The Bertz CT molecular complexity index is 444. The van der Waals surface area contributed by atoms with E-state index in [1.54, 1.807) is 20.8 Å². The summed E-state index contributed by atoms with van der Waals surface area (Å²) in [7, 11) is 0. The van der Waals surface area contributed by atoms with E-state index >= 15 is 0 Å². The number of amides is 1. The van der Waals surface area contributed by atoms with E-state index in [0.29, 0.717) is 10.2 Å². The molecule has 0 aliphatic carbocycles. The van der Waals surface area contributed by atoms with Crippen LogP contribution in [0.3, 0.4) is 0 Å². The summed E-state index contributed by atoms with van der Waals surface area (Å²) in [5.74, 6) is -0.586. The zero-order valence-corrected chi connectivity index (χ0v) is 11.4. The Morgan fingerprint density at radius 2 is 2.06 bits per heavy atom. The summed E-state index contributed by atoms with van der Waals surface area (Å²) < 4.78 is 18.8. The number of hydrogen-bond donors (Lipinski definition) is 2. The second-order valence-corrected chi connectivity index (χ2v) is 5.25. The molecule has 0 fully saturated rings. The van der Waals surface area contributed by atoms with E-state index in [1.807, 2.05) is 0 Å². The number of nitrogen functional groups attached to an aromatic ring is 1. The quantitative estimate of drug-likeness (QED) is 0.780. The van der Waals surface area contributed by atoms with Crippen LogP contribution in [0.4, 0.5) is 20.6 Å². The van der Waals surface area contributed by atoms with Gasteiger partial charge in [0.25, 0.3) is 0 Å². The number of nitrogens with two attached hydrogens (primary N) is 1. The molecule has 17 heavy (non-hydrogen) atoms. The molecule has 0 heterocycles. The first kappa shape index (κ1) is 13.8. The van der Waals surface area contributed by atoms with Crippen molar-refractivity contribution >= 4 is 33.4 Å². The molecule has 0 aliphatic rings. The van der Waals surface area contributed by atoms with Crippen molar-refractivity contribution in [2.45, 2.75) is 26.4 Å². The Morgan fingerprint density at radius 3 is 2.59 bits per heavy atom. The van der Waals surface area contributed by atoms with Gasteiger partial charge in [-0.05, 0) is 48.8 Å². The van der Waals surface area contributed by atoms with Gasteiger partial charge in [0.2, 0.25) is 0 Å². The second-order valence-electron chi connectivity index (χ2n) is 4.45. The van der Waals surface area contributed by atoms with E-state index in [0.717, 1.165) is 0 Å². The van der Waals surface area contributed by atoms with Gasteiger partial charge in [0.05, 0.1) is 10.2 Å². The molecule has 0 aromatic heterocycles. The van der Waals surface area contributed by atoms with Gasteiger partial charge < -0.3 is 10.5 Å². The van der Waals surface area contributed by atoms with Crippen molar-refractivity contribution in [2.75, 3.05) is 11.1 Å². The molecule has 1 amide bonds. The lowest BCUT2D eigenvalue weighted by Gasteiger charge is -2.20. The molecule has 4 nitrogen and oxygen atoms in total. The number of ether oxygens (including phenoxy) is 1. The molecule has 0 spiro atoms. The van der Waals surface area contributed by atoms with Crippen LogP contribution >= 0.6 is 15.9 Å². The molecule has 6 heteroatoms. The molecule has 0 bridgehead atoms. The lowest BCUT2D eigenvalue weighted by molar-refractivity contribution is 0.0635. The van der Waals surface area contributed by atoms with Crippen molar-refractivity contribution in [3.63, 3.8) is 0 Å². The Hall–Kier alpha value is -1.30. The van der Waals surface area contributed by atoms with Crippen molar-refractivity contribution in [1.82, 2.24) is 0 Å². The van der Waals surface area contributed by atoms with Crippen molar-refractivity contribution in [3.8, 4) is 0 Å². The molecule has 0 unspecified atom stereocenters. The van der Waals surface area contributed by atoms with Crippen LogP contribution in [-0.4, -0.2) is 11.7 Å². The molecule has 1 aromatic carbocycles. The summed E-state index contributed by atoms with van der Waals surface area (Å²) >= 11 is 3.10. The average Bonchev–Trinajstić information content (AvgIpc) is 2.16. The minimum Gasteiger partial charge on any atom is -0.444 e. The molecule has 3 N–H and O–H groups in total. The molecule has 1 aromatic rings. The van der Waals surface area contributed by atoms with Crippen molar-refractivity contribution in [3.05, 3.63) is 22.4 Å². The van der Waals surface area contributed by atoms with Gasteiger partial charge in [0.15, 0.2) is 0 Å². The topological polar surface area (TPSA) is 64.3 Å². The van der Waals surface area contributed by atoms with Crippen LogP contribution < -0.4 is 11.1 Å². The van der Waals surface area contributed by atoms with E-state index < -0.39 is 17.5 Å². The summed E-state index contributed by atoms with van der Waals surface area (Å²) in [6, 6.07) is 2.58. The van der Waals surface area contributed by atoms with E-state index in [1.165, 1.54) is 12.1 Å². The maximum atomic E-state index is 13.5. The molecule has 0 saturated heterocycles. The molecule has 0 atom stereocenters. The minimum atomic E-state index is -0.734. The number of halogens is 2. The largest absolute Gasteiger partial charge is 0.444 e. The van der Waals surface area contributed by atoms with Crippen LogP contribution in [-0.2, 0) is 4.74 Å². The predicted molar refractivity (Wildman–Crippen MR) is 68.4 cm³/mol. The fraction of sp³-hybridized carbons (Fsp3) is 0.364. The van der Waals surface area contributed by atoms with Crippen LogP contribution in [0.25, 0.3) is 0 Å². The Balaban J connectivity index is 2.89. The van der Waals surface area contributed by atoms with Crippen LogP contribution in [0.2, 0.25) is 0 Å². The number of benzene rings is 1. The highest BCUT2D eigenvalue weighted by Crippen LogP contribution is 2.31. The maximum absolute atomic E-state index is 13.5. The molecular formula is C11H14BrFN2O2. The number of anilines is 2. The van der Waals surface area contributed by atoms with Gasteiger partial charge in [-0.3, -0.25) is 5.32 Å². The highest BCUT2D eigenvalue weighted by atomic mass is 79.9. The maximum Gasteiger partial charge on any atom is 0.412 e. The van der Waals surface area contributed by atoms with Crippen molar-refractivity contribution in [1.29, 1.82) is 0 Å². The normalized spacial score (nSPS) is 11.1. The average molecular weight is 305 g/mol. The number of rotatable bonds is 1. The summed E-state index contributed by atoms with van der Waals surface area (Å²) in [5.41, 5.74) is 5.24. The van der Waals surface area contributed by atoms with Crippen LogP contribution in [0.1, 0.15) is 20.8 Å². The van der Waals surface area contributed by atoms with Gasteiger partial charge in [-0.15, -0.1) is 0 Å². The highest BCUT2D eigenvalue weighted by molar-refractivity contribution is 9.10. The van der Waals surface area contributed by atoms with E-state index in [4.69, 9.17) is 10.5 Å². The fourth-order valence-corrected chi connectivity index (χ4v) is 1.51. The summed E-state index contributed by atoms with van der Waals surface area (Å²) in [5, 5.41) is 2.31. The Labute approximate surface area is 107 Å². The van der Waals surface area contributed by atoms with Gasteiger partial charge in [-0.1, -0.05) is 0 Å². The molecule has 94 valence electrons. The standard InChI is InChI=1S/C11H14BrFN2O2/c1-11(2,3)17-10(16)15-9-6(13)4-5-7(14)8(9)12/h4-5H,14H2,1-3H3,(H,15,16). The summed E-state index contributed by atoms with van der Waals surface area (Å²) in [6.07, 6.45) is -0.734. The minimum absolute atomic E-state index is 0.0285. The number of carbonyl (C=O) groups is 1. The third kappa shape index (κ3) is 3.89. The van der Waals surface area contributed by atoms with Crippen LogP contribution in [0.5, 0.6) is 0 Å². The van der Waals surface area contributed by atoms with E-state index in [-0.39, 0.29) is 5.69 Å². The van der Waals surface area contributed by atoms with Crippen molar-refractivity contribution in [2.24, 2.45) is 0 Å². The Kier molecular flexibility index (Phi) is 3.98. The summed E-state index contributed by atoms with van der Waals surface area (Å²) in [4.78, 5) is 11.5. The molecule has 0 aliphatic heterocycles. The highest BCUT2D eigenvalue weighted by Gasteiger charge is 2.19. The van der Waals surface area contributed by atoms with E-state index in [2.05, 4.69) is 21.2 Å². The Morgan fingerprint density at radius 1 is 1.47 bits per heavy atom. The smallest absolute Gasteiger partial charge is 0.412 e. The van der Waals surface area contributed by atoms with Gasteiger partial charge in [0.1, 0.15) is 11.4 Å². The first-order chi connectivity index (χ1) is 7.70. The lowest BCUT2D eigenvalue weighted by Crippen LogP contribution is -2.27. The zero-order chi connectivity index (χ0) is 13.2. The second kappa shape index (κ2) is 4.91. The molecule has 1 rings (SSSR count). The van der Waals surface area contributed by atoms with Gasteiger partial charge in [0, 0.05) is 5.69 Å². The van der Waals surface area contributed by atoms with Crippen LogP contribution in [0.15, 0.2) is 16.6 Å². The molecular weight excluding hydrogens is 291 g/mol. The zero-order valence-electron chi connectivity index (χ0n) is 9.80. The molecule has 0 saturated carbocycles. The van der Waals surface area contributed by atoms with Gasteiger partial charge in [-0.25, -0.2) is 9.18 Å². The van der Waals surface area contributed by atoms with E-state index in [9.17, 15) is 9.18 Å². The first-order valence-electron chi connectivity index (χ1n) is 4.94. The fourth-order valence-electron chi connectivity index (χ4n) is 1.09. The number of carbonyl (C=O) groups excluding carboxylic acids is 1. The first-order valence-corrected chi connectivity index (χ1v) is 5.73. The predicted octanol–water partition coefficient (Wildman–Crippen LogP) is 3.52.